The highest BCUT2D eigenvalue weighted by Crippen LogP contribution is 2.34. The number of aromatic nitrogens is 4. The highest BCUT2D eigenvalue weighted by molar-refractivity contribution is 5.95. The van der Waals surface area contributed by atoms with Crippen molar-refractivity contribution in [1.82, 2.24) is 19.7 Å². The van der Waals surface area contributed by atoms with Crippen LogP contribution in [-0.2, 0) is 6.18 Å². The molecule has 0 unspecified atom stereocenters. The number of nitrogens with zero attached hydrogens (tertiary/aromatic N) is 4. The van der Waals surface area contributed by atoms with E-state index in [0.717, 1.165) is 13.1 Å². The molecule has 22 heavy (non-hydrogen) atoms. The fourth-order valence-electron chi connectivity index (χ4n) is 2.22. The maximum absolute atomic E-state index is 13.3. The van der Waals surface area contributed by atoms with Gasteiger partial charge in [0.1, 0.15) is 0 Å². The summed E-state index contributed by atoms with van der Waals surface area (Å²) in [5, 5.41) is 4.16. The van der Waals surface area contributed by atoms with E-state index in [-0.39, 0.29) is 5.69 Å². The molecule has 8 heteroatoms. The average Bonchev–Trinajstić information content (AvgIpc) is 2.91. The summed E-state index contributed by atoms with van der Waals surface area (Å²) < 4.78 is 40.7. The second kappa shape index (κ2) is 4.90. The van der Waals surface area contributed by atoms with Crippen LogP contribution < -0.4 is 0 Å². The highest BCUT2D eigenvalue weighted by Gasteiger charge is 2.40. The first-order valence-electron chi connectivity index (χ1n) is 6.25. The van der Waals surface area contributed by atoms with E-state index >= 15 is 0 Å². The van der Waals surface area contributed by atoms with Crippen LogP contribution in [0, 0.1) is 0 Å². The Hall–Kier alpha value is -2.77. The first kappa shape index (κ1) is 14.2. The van der Waals surface area contributed by atoms with E-state index in [1.807, 2.05) is 0 Å². The molecule has 3 aromatic heterocycles. The molecule has 0 bridgehead atoms. The molecule has 0 fully saturated rings. The van der Waals surface area contributed by atoms with Crippen LogP contribution in [0.2, 0.25) is 0 Å². The van der Waals surface area contributed by atoms with Gasteiger partial charge in [-0.05, 0) is 19.1 Å². The van der Waals surface area contributed by atoms with Crippen molar-refractivity contribution < 1.29 is 18.0 Å². The van der Waals surface area contributed by atoms with Crippen molar-refractivity contribution in [1.29, 1.82) is 0 Å². The Balaban J connectivity index is 2.35. The first-order chi connectivity index (χ1) is 10.4. The van der Waals surface area contributed by atoms with Crippen LogP contribution in [0.5, 0.6) is 0 Å². The summed E-state index contributed by atoms with van der Waals surface area (Å²) in [5.74, 6) is -0.699. The van der Waals surface area contributed by atoms with Gasteiger partial charge in [-0.2, -0.15) is 18.3 Å². The molecule has 0 atom stereocenters. The maximum atomic E-state index is 13.3. The lowest BCUT2D eigenvalue weighted by Gasteiger charge is -2.13. The number of carbonyl (C=O) groups excluding carboxylic acids is 1. The molecule has 3 rings (SSSR count). The van der Waals surface area contributed by atoms with Gasteiger partial charge in [0.15, 0.2) is 11.5 Å². The molecule has 0 saturated heterocycles. The molecule has 112 valence electrons. The van der Waals surface area contributed by atoms with Crippen molar-refractivity contribution in [2.45, 2.75) is 13.1 Å². The number of halogens is 3. The van der Waals surface area contributed by atoms with Crippen LogP contribution in [0.1, 0.15) is 23.0 Å². The number of rotatable bonds is 2. The molecule has 0 aliphatic rings. The Kier molecular flexibility index (Phi) is 3.16. The van der Waals surface area contributed by atoms with Gasteiger partial charge in [0.2, 0.25) is 0 Å². The largest absolute Gasteiger partial charge is 0.434 e. The van der Waals surface area contributed by atoms with Crippen LogP contribution in [0.3, 0.4) is 0 Å². The van der Waals surface area contributed by atoms with Gasteiger partial charge in [-0.25, -0.2) is 4.68 Å². The molecule has 0 radical (unpaired) electrons. The van der Waals surface area contributed by atoms with E-state index in [2.05, 4.69) is 15.1 Å². The van der Waals surface area contributed by atoms with Gasteiger partial charge in [-0.3, -0.25) is 14.8 Å². The zero-order valence-corrected chi connectivity index (χ0v) is 11.3. The van der Waals surface area contributed by atoms with Crippen LogP contribution >= 0.6 is 0 Å². The molecule has 5 nitrogen and oxygen atoms in total. The molecule has 3 aromatic rings. The molecule has 0 aliphatic heterocycles. The SMILES string of the molecule is CC(=O)c1cnn(-c2ccnc3ccncc23)c1C(F)(F)F. The predicted molar refractivity (Wildman–Crippen MR) is 71.7 cm³/mol. The summed E-state index contributed by atoms with van der Waals surface area (Å²) in [6.45, 7) is 1.07. The van der Waals surface area contributed by atoms with Gasteiger partial charge in [0.25, 0.3) is 0 Å². The third kappa shape index (κ3) is 2.22. The van der Waals surface area contributed by atoms with Crippen LogP contribution in [-0.4, -0.2) is 25.5 Å². The first-order valence-corrected chi connectivity index (χ1v) is 6.25. The smallest absolute Gasteiger partial charge is 0.294 e. The van der Waals surface area contributed by atoms with Crippen molar-refractivity contribution in [3.63, 3.8) is 0 Å². The normalized spacial score (nSPS) is 11.8. The Labute approximate surface area is 122 Å². The Morgan fingerprint density at radius 3 is 2.64 bits per heavy atom. The minimum absolute atomic E-state index is 0.165. The summed E-state index contributed by atoms with van der Waals surface area (Å²) in [6.07, 6.45) is 0.497. The van der Waals surface area contributed by atoms with Crippen molar-refractivity contribution in [2.75, 3.05) is 0 Å². The van der Waals surface area contributed by atoms with Gasteiger partial charge < -0.3 is 0 Å². The number of pyridine rings is 2. The molecule has 0 spiro atoms. The molecule has 3 heterocycles. The Morgan fingerprint density at radius 1 is 1.18 bits per heavy atom. The number of ketones is 1. The Bertz CT molecular complexity index is 865. The van der Waals surface area contributed by atoms with Crippen molar-refractivity contribution in [2.24, 2.45) is 0 Å². The average molecular weight is 306 g/mol. The quantitative estimate of drug-likeness (QED) is 0.683. The molecule has 0 saturated carbocycles. The van der Waals surface area contributed by atoms with Crippen LogP contribution in [0.4, 0.5) is 13.2 Å². The second-order valence-electron chi connectivity index (χ2n) is 4.60. The monoisotopic (exact) mass is 306 g/mol. The molecule has 0 N–H and O–H groups in total. The Morgan fingerprint density at radius 2 is 1.95 bits per heavy atom. The number of hydrogen-bond donors (Lipinski definition) is 0. The maximum Gasteiger partial charge on any atom is 0.434 e. The lowest BCUT2D eigenvalue weighted by molar-refractivity contribution is -0.143. The third-order valence-electron chi connectivity index (χ3n) is 3.17. The van der Waals surface area contributed by atoms with E-state index < -0.39 is 23.2 Å². The van der Waals surface area contributed by atoms with E-state index in [4.69, 9.17) is 0 Å². The van der Waals surface area contributed by atoms with E-state index in [9.17, 15) is 18.0 Å². The highest BCUT2D eigenvalue weighted by atomic mass is 19.4. The van der Waals surface area contributed by atoms with Crippen LogP contribution in [0.15, 0.2) is 36.9 Å². The minimum Gasteiger partial charge on any atom is -0.294 e. The van der Waals surface area contributed by atoms with Gasteiger partial charge in [0.05, 0.1) is 23.0 Å². The van der Waals surface area contributed by atoms with Crippen molar-refractivity contribution in [3.05, 3.63) is 48.2 Å². The van der Waals surface area contributed by atoms with Gasteiger partial charge in [-0.1, -0.05) is 0 Å². The number of carbonyl (C=O) groups is 1. The molecular weight excluding hydrogens is 297 g/mol. The zero-order chi connectivity index (χ0) is 15.9. The predicted octanol–water partition coefficient (Wildman–Crippen LogP) is 3.04. The minimum atomic E-state index is -4.71. The van der Waals surface area contributed by atoms with Crippen LogP contribution in [0.25, 0.3) is 16.6 Å². The number of hydrogen-bond acceptors (Lipinski definition) is 4. The summed E-state index contributed by atoms with van der Waals surface area (Å²) in [6, 6.07) is 2.98. The zero-order valence-electron chi connectivity index (χ0n) is 11.3. The van der Waals surface area contributed by atoms with E-state index in [1.54, 1.807) is 6.07 Å². The summed E-state index contributed by atoms with van der Waals surface area (Å²) >= 11 is 0. The molecular formula is C14H9F3N4O. The number of alkyl halides is 3. The topological polar surface area (TPSA) is 60.7 Å². The number of fused-ring (bicyclic) bond motifs is 1. The van der Waals surface area contributed by atoms with Gasteiger partial charge >= 0.3 is 6.18 Å². The summed E-state index contributed by atoms with van der Waals surface area (Å²) in [7, 11) is 0. The summed E-state index contributed by atoms with van der Waals surface area (Å²) in [5.41, 5.74) is -0.920. The van der Waals surface area contributed by atoms with Gasteiger partial charge in [0, 0.05) is 24.0 Å². The fourth-order valence-corrected chi connectivity index (χ4v) is 2.22. The molecule has 0 amide bonds. The third-order valence-corrected chi connectivity index (χ3v) is 3.17. The lowest BCUT2D eigenvalue weighted by atomic mass is 10.1. The van der Waals surface area contributed by atoms with E-state index in [1.165, 1.54) is 24.7 Å². The number of Topliss-reactive ketones (excluding diaryl/α,β-unsaturated/α-hetero) is 1. The van der Waals surface area contributed by atoms with Crippen molar-refractivity contribution >= 4 is 16.7 Å². The fraction of sp³-hybridized carbons (Fsp3) is 0.143. The lowest BCUT2D eigenvalue weighted by Crippen LogP contribution is -2.17. The van der Waals surface area contributed by atoms with E-state index in [0.29, 0.717) is 15.6 Å². The molecule has 0 aliphatic carbocycles. The van der Waals surface area contributed by atoms with Crippen molar-refractivity contribution in [3.8, 4) is 5.69 Å². The standard InChI is InChI=1S/C14H9F3N4O/c1-8(22)9-7-20-21(13(9)14(15,16)17)12-3-5-19-11-2-4-18-6-10(11)12/h2-7H,1H3. The van der Waals surface area contributed by atoms with Gasteiger partial charge in [-0.15, -0.1) is 0 Å². The molecule has 0 aromatic carbocycles. The summed E-state index contributed by atoms with van der Waals surface area (Å²) in [4.78, 5) is 19.4. The second-order valence-corrected chi connectivity index (χ2v) is 4.60.